The van der Waals surface area contributed by atoms with Gasteiger partial charge in [0.2, 0.25) is 17.7 Å². The molecule has 0 spiro atoms. The fourth-order valence-electron chi connectivity index (χ4n) is 3.77. The maximum Gasteiger partial charge on any atom is 0.326 e. The molecule has 4 atom stereocenters. The fourth-order valence-corrected chi connectivity index (χ4v) is 3.77. The number of carbonyl (C=O) groups is 4. The predicted octanol–water partition coefficient (Wildman–Crippen LogP) is 0.632. The lowest BCUT2D eigenvalue weighted by atomic mass is 9.99. The van der Waals surface area contributed by atoms with Gasteiger partial charge in [-0.2, -0.15) is 0 Å². The number of carbonyl (C=O) groups excluding carboxylic acids is 3. The van der Waals surface area contributed by atoms with E-state index in [-0.39, 0.29) is 30.4 Å². The third kappa shape index (κ3) is 11.6. The van der Waals surface area contributed by atoms with E-state index in [2.05, 4.69) is 16.0 Å². The normalized spacial score (nSPS) is 14.5. The first-order valence-corrected chi connectivity index (χ1v) is 12.7. The molecular formula is C26H43N5O6. The van der Waals surface area contributed by atoms with Crippen LogP contribution >= 0.6 is 0 Å². The minimum atomic E-state index is -1.19. The highest BCUT2D eigenvalue weighted by molar-refractivity contribution is 5.94. The summed E-state index contributed by atoms with van der Waals surface area (Å²) in [4.78, 5) is 50.7. The second-order valence-corrected chi connectivity index (χ2v) is 10.1. The second-order valence-electron chi connectivity index (χ2n) is 10.1. The topological polar surface area (TPSA) is 197 Å². The third-order valence-electron chi connectivity index (χ3n) is 5.88. The van der Waals surface area contributed by atoms with Crippen molar-refractivity contribution >= 4 is 23.7 Å². The highest BCUT2D eigenvalue weighted by atomic mass is 16.4. The summed E-state index contributed by atoms with van der Waals surface area (Å²) in [6.45, 7) is 7.79. The molecule has 4 unspecified atom stereocenters. The molecule has 1 rings (SSSR count). The van der Waals surface area contributed by atoms with Crippen molar-refractivity contribution in [3.05, 3.63) is 29.8 Å². The largest absolute Gasteiger partial charge is 0.508 e. The standard InChI is InChI=1S/C26H43N5O6/c1-15(2)13-19(28)23(33)31-22(16(3)4)25(35)30-21(14-17-8-10-18(32)11-9-17)24(34)29-20(26(36)37)7-5-6-12-27/h8-11,15-16,19-22,32H,5-7,12-14,27-28H2,1-4H3,(H,29,34)(H,30,35)(H,31,33)(H,36,37). The van der Waals surface area contributed by atoms with Crippen LogP contribution in [0, 0.1) is 11.8 Å². The van der Waals surface area contributed by atoms with Gasteiger partial charge in [0.1, 0.15) is 23.9 Å². The van der Waals surface area contributed by atoms with Gasteiger partial charge in [0, 0.05) is 6.42 Å². The van der Waals surface area contributed by atoms with E-state index in [0.717, 1.165) is 0 Å². The molecule has 11 nitrogen and oxygen atoms in total. The molecule has 0 saturated carbocycles. The zero-order chi connectivity index (χ0) is 28.1. The van der Waals surface area contributed by atoms with Crippen molar-refractivity contribution < 1.29 is 29.4 Å². The molecule has 37 heavy (non-hydrogen) atoms. The minimum absolute atomic E-state index is 0.0403. The van der Waals surface area contributed by atoms with E-state index in [9.17, 15) is 29.4 Å². The zero-order valence-electron chi connectivity index (χ0n) is 22.2. The van der Waals surface area contributed by atoms with Gasteiger partial charge in [-0.25, -0.2) is 4.79 Å². The number of unbranched alkanes of at least 4 members (excludes halogenated alkanes) is 1. The second kappa shape index (κ2) is 15.8. The van der Waals surface area contributed by atoms with Gasteiger partial charge in [-0.1, -0.05) is 39.8 Å². The van der Waals surface area contributed by atoms with E-state index in [0.29, 0.717) is 31.4 Å². The number of hydrogen-bond acceptors (Lipinski definition) is 7. The molecule has 0 aliphatic heterocycles. The van der Waals surface area contributed by atoms with Gasteiger partial charge in [0.05, 0.1) is 6.04 Å². The number of phenolic OH excluding ortho intramolecular Hbond substituents is 1. The number of rotatable bonds is 16. The molecule has 3 amide bonds. The Labute approximate surface area is 218 Å². The van der Waals surface area contributed by atoms with E-state index in [1.54, 1.807) is 26.0 Å². The van der Waals surface area contributed by atoms with E-state index in [4.69, 9.17) is 11.5 Å². The van der Waals surface area contributed by atoms with Gasteiger partial charge in [-0.05, 0) is 61.8 Å². The van der Waals surface area contributed by atoms with Crippen molar-refractivity contribution in [2.75, 3.05) is 6.54 Å². The number of carboxylic acid groups (broad SMARTS) is 1. The summed E-state index contributed by atoms with van der Waals surface area (Å²) in [7, 11) is 0. The molecule has 0 aromatic heterocycles. The molecule has 0 fully saturated rings. The zero-order valence-corrected chi connectivity index (χ0v) is 22.2. The fraction of sp³-hybridized carbons (Fsp3) is 0.615. The number of benzene rings is 1. The predicted molar refractivity (Wildman–Crippen MR) is 140 cm³/mol. The van der Waals surface area contributed by atoms with Crippen LogP contribution in [0.1, 0.15) is 58.9 Å². The third-order valence-corrected chi connectivity index (χ3v) is 5.88. The Morgan fingerprint density at radius 1 is 0.865 bits per heavy atom. The van der Waals surface area contributed by atoms with Crippen LogP contribution in [0.5, 0.6) is 5.75 Å². The van der Waals surface area contributed by atoms with Gasteiger partial charge < -0.3 is 37.6 Å². The summed E-state index contributed by atoms with van der Waals surface area (Å²) in [6, 6.07) is 2.09. The van der Waals surface area contributed by atoms with Crippen LogP contribution < -0.4 is 27.4 Å². The number of carboxylic acids is 1. The Morgan fingerprint density at radius 2 is 1.46 bits per heavy atom. The van der Waals surface area contributed by atoms with Crippen LogP contribution in [0.2, 0.25) is 0 Å². The maximum absolute atomic E-state index is 13.2. The van der Waals surface area contributed by atoms with Gasteiger partial charge in [0.25, 0.3) is 0 Å². The summed E-state index contributed by atoms with van der Waals surface area (Å²) < 4.78 is 0. The van der Waals surface area contributed by atoms with Crippen molar-refractivity contribution in [3.8, 4) is 5.75 Å². The number of hydrogen-bond donors (Lipinski definition) is 7. The van der Waals surface area contributed by atoms with Crippen molar-refractivity contribution in [2.45, 2.75) is 84.0 Å². The first-order valence-electron chi connectivity index (χ1n) is 12.7. The Balaban J connectivity index is 3.10. The van der Waals surface area contributed by atoms with Crippen LogP contribution in [0.25, 0.3) is 0 Å². The average molecular weight is 522 g/mol. The monoisotopic (exact) mass is 521 g/mol. The lowest BCUT2D eigenvalue weighted by molar-refractivity contribution is -0.142. The van der Waals surface area contributed by atoms with Crippen molar-refractivity contribution in [2.24, 2.45) is 23.3 Å². The van der Waals surface area contributed by atoms with Crippen molar-refractivity contribution in [3.63, 3.8) is 0 Å². The quantitative estimate of drug-likeness (QED) is 0.154. The van der Waals surface area contributed by atoms with Crippen LogP contribution in [0.4, 0.5) is 0 Å². The van der Waals surface area contributed by atoms with Gasteiger partial charge >= 0.3 is 5.97 Å². The molecule has 208 valence electrons. The molecule has 0 heterocycles. The number of phenols is 1. The molecule has 11 heteroatoms. The Morgan fingerprint density at radius 3 is 1.97 bits per heavy atom. The summed E-state index contributed by atoms with van der Waals surface area (Å²) >= 11 is 0. The Bertz CT molecular complexity index is 890. The molecule has 0 bridgehead atoms. The minimum Gasteiger partial charge on any atom is -0.508 e. The number of aliphatic carboxylic acids is 1. The number of nitrogens with one attached hydrogen (secondary N) is 3. The Hall–Kier alpha value is -3.18. The smallest absolute Gasteiger partial charge is 0.326 e. The Kier molecular flexibility index (Phi) is 13.6. The van der Waals surface area contributed by atoms with E-state index >= 15 is 0 Å². The van der Waals surface area contributed by atoms with Crippen LogP contribution in [-0.4, -0.2) is 64.6 Å². The SMILES string of the molecule is CC(C)CC(N)C(=O)NC(C(=O)NC(Cc1ccc(O)cc1)C(=O)NC(CCCCN)C(=O)O)C(C)C. The lowest BCUT2D eigenvalue weighted by Crippen LogP contribution is -2.59. The summed E-state index contributed by atoms with van der Waals surface area (Å²) in [6.07, 6.45) is 1.81. The summed E-state index contributed by atoms with van der Waals surface area (Å²) in [5.74, 6) is -2.99. The van der Waals surface area contributed by atoms with E-state index < -0.39 is 47.9 Å². The molecule has 1 aromatic carbocycles. The van der Waals surface area contributed by atoms with Gasteiger partial charge in [0.15, 0.2) is 0 Å². The van der Waals surface area contributed by atoms with Crippen molar-refractivity contribution in [1.82, 2.24) is 16.0 Å². The number of aromatic hydroxyl groups is 1. The average Bonchev–Trinajstić information content (AvgIpc) is 2.81. The first kappa shape index (κ1) is 31.8. The van der Waals surface area contributed by atoms with Crippen LogP contribution in [0.15, 0.2) is 24.3 Å². The van der Waals surface area contributed by atoms with Crippen molar-refractivity contribution in [1.29, 1.82) is 0 Å². The molecule has 9 N–H and O–H groups in total. The summed E-state index contributed by atoms with van der Waals surface area (Å²) in [5.41, 5.74) is 12.1. The molecule has 0 aliphatic rings. The lowest BCUT2D eigenvalue weighted by Gasteiger charge is -2.27. The first-order chi connectivity index (χ1) is 17.3. The van der Waals surface area contributed by atoms with Gasteiger partial charge in [-0.15, -0.1) is 0 Å². The van der Waals surface area contributed by atoms with Crippen LogP contribution in [0.3, 0.4) is 0 Å². The van der Waals surface area contributed by atoms with E-state index in [1.807, 2.05) is 13.8 Å². The van der Waals surface area contributed by atoms with Crippen LogP contribution in [-0.2, 0) is 25.6 Å². The maximum atomic E-state index is 13.2. The molecule has 0 saturated heterocycles. The molecule has 0 radical (unpaired) electrons. The highest BCUT2D eigenvalue weighted by Gasteiger charge is 2.32. The molecular weight excluding hydrogens is 478 g/mol. The van der Waals surface area contributed by atoms with E-state index in [1.165, 1.54) is 12.1 Å². The molecule has 0 aliphatic carbocycles. The number of amides is 3. The highest BCUT2D eigenvalue weighted by Crippen LogP contribution is 2.13. The number of nitrogens with two attached hydrogens (primary N) is 2. The van der Waals surface area contributed by atoms with Gasteiger partial charge in [-0.3, -0.25) is 14.4 Å². The summed E-state index contributed by atoms with van der Waals surface area (Å²) in [5, 5.41) is 27.0. The molecule has 1 aromatic rings.